The van der Waals surface area contributed by atoms with Crippen molar-refractivity contribution in [2.75, 3.05) is 20.3 Å². The Hall–Kier alpha value is -1.36. The van der Waals surface area contributed by atoms with Crippen LogP contribution in [0.4, 0.5) is 0 Å². The highest BCUT2D eigenvalue weighted by Crippen LogP contribution is 2.26. The number of rotatable bonds is 7. The van der Waals surface area contributed by atoms with Crippen LogP contribution in [0.2, 0.25) is 0 Å². The minimum absolute atomic E-state index is 0.118. The molecule has 0 saturated heterocycles. The van der Waals surface area contributed by atoms with Gasteiger partial charge in [0, 0.05) is 12.5 Å². The van der Waals surface area contributed by atoms with Crippen molar-refractivity contribution in [3.05, 3.63) is 35.1 Å². The van der Waals surface area contributed by atoms with Gasteiger partial charge in [0.15, 0.2) is 0 Å². The number of aryl methyl sites for hydroxylation is 2. The Kier molecular flexibility index (Phi) is 5.39. The third-order valence-corrected chi connectivity index (χ3v) is 3.87. The molecule has 0 aliphatic carbocycles. The number of nitrogens with one attached hydrogen (secondary N) is 1. The lowest BCUT2D eigenvalue weighted by Crippen LogP contribution is -2.25. The zero-order chi connectivity index (χ0) is 15.4. The molecular formula is C17H25NO3. The van der Waals surface area contributed by atoms with E-state index in [1.807, 2.05) is 0 Å². The van der Waals surface area contributed by atoms with E-state index in [0.717, 1.165) is 23.3 Å². The molecule has 0 fully saturated rings. The molecule has 116 valence electrons. The Morgan fingerprint density at radius 3 is 2.67 bits per heavy atom. The van der Waals surface area contributed by atoms with Crippen molar-refractivity contribution >= 4 is 11.0 Å². The van der Waals surface area contributed by atoms with Crippen LogP contribution >= 0.6 is 0 Å². The number of methoxy groups -OCH3 is 1. The average Bonchev–Trinajstić information content (AvgIpc) is 2.82. The van der Waals surface area contributed by atoms with Crippen LogP contribution in [0.25, 0.3) is 11.0 Å². The quantitative estimate of drug-likeness (QED) is 0.823. The zero-order valence-corrected chi connectivity index (χ0v) is 13.3. The molecule has 1 heterocycles. The van der Waals surface area contributed by atoms with Gasteiger partial charge in [-0.15, -0.1) is 0 Å². The lowest BCUT2D eigenvalue weighted by Gasteiger charge is -2.13. The maximum atomic E-state index is 9.62. The fourth-order valence-electron chi connectivity index (χ4n) is 2.38. The Balaban J connectivity index is 1.98. The van der Waals surface area contributed by atoms with Gasteiger partial charge in [0.1, 0.15) is 11.3 Å². The van der Waals surface area contributed by atoms with Gasteiger partial charge in [0.2, 0.25) is 0 Å². The summed E-state index contributed by atoms with van der Waals surface area (Å²) in [5, 5.41) is 14.1. The first kappa shape index (κ1) is 16.0. The monoisotopic (exact) mass is 291 g/mol. The third kappa shape index (κ3) is 4.06. The van der Waals surface area contributed by atoms with Crippen molar-refractivity contribution in [2.24, 2.45) is 0 Å². The summed E-state index contributed by atoms with van der Waals surface area (Å²) in [5.74, 6) is 0.927. The van der Waals surface area contributed by atoms with E-state index in [1.165, 1.54) is 11.1 Å². The molecule has 0 radical (unpaired) electrons. The number of furan rings is 1. The largest absolute Gasteiger partial charge is 0.459 e. The third-order valence-electron chi connectivity index (χ3n) is 3.87. The number of hydrogen-bond donors (Lipinski definition) is 2. The van der Waals surface area contributed by atoms with Crippen molar-refractivity contribution in [1.82, 2.24) is 5.32 Å². The number of aliphatic hydroxyl groups excluding tert-OH is 1. The summed E-state index contributed by atoms with van der Waals surface area (Å²) in [4.78, 5) is 0. The summed E-state index contributed by atoms with van der Waals surface area (Å²) in [6.07, 6.45) is 0.243. The number of ether oxygens (including phenoxy) is 1. The van der Waals surface area contributed by atoms with Gasteiger partial charge in [-0.05, 0) is 63.1 Å². The average molecular weight is 291 g/mol. The predicted molar refractivity (Wildman–Crippen MR) is 84.6 cm³/mol. The van der Waals surface area contributed by atoms with Crippen LogP contribution in [-0.2, 0) is 4.74 Å². The van der Waals surface area contributed by atoms with E-state index in [0.29, 0.717) is 13.0 Å². The standard InChI is InChI=1S/C17H25NO3/c1-11-7-14-9-16(21-17(14)8-12(11)2)13(3)18-6-5-15(19)10-20-4/h7-9,13,15,18-19H,5-6,10H2,1-4H3. The van der Waals surface area contributed by atoms with Crippen molar-refractivity contribution in [1.29, 1.82) is 0 Å². The topological polar surface area (TPSA) is 54.6 Å². The lowest BCUT2D eigenvalue weighted by atomic mass is 10.1. The highest BCUT2D eigenvalue weighted by molar-refractivity contribution is 5.79. The molecule has 0 spiro atoms. The molecule has 2 rings (SSSR count). The Labute approximate surface area is 126 Å². The highest BCUT2D eigenvalue weighted by Gasteiger charge is 2.12. The van der Waals surface area contributed by atoms with E-state index in [2.05, 4.69) is 44.3 Å². The summed E-state index contributed by atoms with van der Waals surface area (Å²) >= 11 is 0. The molecule has 0 aliphatic heterocycles. The van der Waals surface area contributed by atoms with Gasteiger partial charge in [-0.2, -0.15) is 0 Å². The zero-order valence-electron chi connectivity index (χ0n) is 13.3. The number of aliphatic hydroxyl groups is 1. The molecule has 1 aromatic carbocycles. The van der Waals surface area contributed by atoms with Crippen molar-refractivity contribution in [3.8, 4) is 0 Å². The van der Waals surface area contributed by atoms with E-state index in [-0.39, 0.29) is 6.04 Å². The second-order valence-corrected chi connectivity index (χ2v) is 5.70. The molecule has 2 N–H and O–H groups in total. The van der Waals surface area contributed by atoms with Gasteiger partial charge in [-0.25, -0.2) is 0 Å². The van der Waals surface area contributed by atoms with Gasteiger partial charge in [-0.3, -0.25) is 0 Å². The second-order valence-electron chi connectivity index (χ2n) is 5.70. The molecule has 0 amide bonds. The van der Waals surface area contributed by atoms with Gasteiger partial charge in [0.25, 0.3) is 0 Å². The van der Waals surface area contributed by atoms with Crippen LogP contribution in [-0.4, -0.2) is 31.5 Å². The molecular weight excluding hydrogens is 266 g/mol. The molecule has 0 bridgehead atoms. The van der Waals surface area contributed by atoms with Crippen molar-refractivity contribution in [2.45, 2.75) is 39.3 Å². The molecule has 4 heteroatoms. The minimum Gasteiger partial charge on any atom is -0.459 e. The van der Waals surface area contributed by atoms with Crippen LogP contribution in [0, 0.1) is 13.8 Å². The normalized spacial score (nSPS) is 14.5. The molecule has 0 aliphatic rings. The first-order chi connectivity index (χ1) is 10.0. The summed E-state index contributed by atoms with van der Waals surface area (Å²) in [7, 11) is 1.59. The molecule has 2 aromatic rings. The van der Waals surface area contributed by atoms with E-state index >= 15 is 0 Å². The summed E-state index contributed by atoms with van der Waals surface area (Å²) < 4.78 is 10.8. The van der Waals surface area contributed by atoms with Gasteiger partial charge < -0.3 is 19.6 Å². The number of fused-ring (bicyclic) bond motifs is 1. The second kappa shape index (κ2) is 7.07. The number of hydrogen-bond acceptors (Lipinski definition) is 4. The first-order valence-corrected chi connectivity index (χ1v) is 7.42. The van der Waals surface area contributed by atoms with E-state index in [9.17, 15) is 5.11 Å². The van der Waals surface area contributed by atoms with Crippen LogP contribution < -0.4 is 5.32 Å². The SMILES string of the molecule is COCC(O)CCNC(C)c1cc2cc(C)c(C)cc2o1. The van der Waals surface area contributed by atoms with Crippen molar-refractivity contribution < 1.29 is 14.3 Å². The van der Waals surface area contributed by atoms with Gasteiger partial charge in [0.05, 0.1) is 18.8 Å². The van der Waals surface area contributed by atoms with Crippen molar-refractivity contribution in [3.63, 3.8) is 0 Å². The molecule has 2 atom stereocenters. The van der Waals surface area contributed by atoms with E-state index in [4.69, 9.17) is 9.15 Å². The Bertz CT molecular complexity index is 552. The Morgan fingerprint density at radius 1 is 1.24 bits per heavy atom. The molecule has 0 saturated carbocycles. The summed E-state index contributed by atoms with van der Waals surface area (Å²) in [6, 6.07) is 6.45. The van der Waals surface area contributed by atoms with Gasteiger partial charge in [-0.1, -0.05) is 0 Å². The minimum atomic E-state index is -0.421. The smallest absolute Gasteiger partial charge is 0.134 e. The van der Waals surface area contributed by atoms with Crippen LogP contribution in [0.5, 0.6) is 0 Å². The van der Waals surface area contributed by atoms with Crippen LogP contribution in [0.1, 0.15) is 36.3 Å². The fraction of sp³-hybridized carbons (Fsp3) is 0.529. The van der Waals surface area contributed by atoms with E-state index < -0.39 is 6.10 Å². The fourth-order valence-corrected chi connectivity index (χ4v) is 2.38. The predicted octanol–water partition coefficient (Wildman–Crippen LogP) is 3.10. The van der Waals surface area contributed by atoms with Crippen LogP contribution in [0.3, 0.4) is 0 Å². The summed E-state index contributed by atoms with van der Waals surface area (Å²) in [5.41, 5.74) is 3.45. The van der Waals surface area contributed by atoms with Crippen LogP contribution in [0.15, 0.2) is 22.6 Å². The molecule has 1 aromatic heterocycles. The highest BCUT2D eigenvalue weighted by atomic mass is 16.5. The molecule has 4 nitrogen and oxygen atoms in total. The molecule has 2 unspecified atom stereocenters. The lowest BCUT2D eigenvalue weighted by molar-refractivity contribution is 0.0589. The Morgan fingerprint density at radius 2 is 1.95 bits per heavy atom. The number of benzene rings is 1. The summed E-state index contributed by atoms with van der Waals surface area (Å²) in [6.45, 7) is 7.37. The maximum absolute atomic E-state index is 9.62. The maximum Gasteiger partial charge on any atom is 0.134 e. The first-order valence-electron chi connectivity index (χ1n) is 7.42. The molecule has 21 heavy (non-hydrogen) atoms. The van der Waals surface area contributed by atoms with E-state index in [1.54, 1.807) is 7.11 Å². The van der Waals surface area contributed by atoms with Gasteiger partial charge >= 0.3 is 0 Å².